The number of piperidine rings is 1. The van der Waals surface area contributed by atoms with Crippen molar-refractivity contribution in [3.05, 3.63) is 34.9 Å². The molecule has 1 saturated heterocycles. The zero-order valence-corrected chi connectivity index (χ0v) is 13.6. The zero-order valence-electron chi connectivity index (χ0n) is 13.6. The molecule has 2 nitrogen and oxygen atoms in total. The number of rotatable bonds is 5. The first-order chi connectivity index (χ1) is 9.61. The summed E-state index contributed by atoms with van der Waals surface area (Å²) in [6, 6.07) is 7.40. The summed E-state index contributed by atoms with van der Waals surface area (Å²) in [5, 5.41) is 3.49. The van der Waals surface area contributed by atoms with Crippen LogP contribution in [0.25, 0.3) is 0 Å². The highest BCUT2D eigenvalue weighted by molar-refractivity contribution is 5.32. The Morgan fingerprint density at radius 2 is 1.95 bits per heavy atom. The number of aryl methyl sites for hydroxylation is 2. The van der Waals surface area contributed by atoms with E-state index < -0.39 is 0 Å². The van der Waals surface area contributed by atoms with E-state index in [2.05, 4.69) is 56.1 Å². The van der Waals surface area contributed by atoms with Gasteiger partial charge in [-0.05, 0) is 76.8 Å². The van der Waals surface area contributed by atoms with Crippen molar-refractivity contribution in [3.63, 3.8) is 0 Å². The molecule has 112 valence electrons. The van der Waals surface area contributed by atoms with Crippen LogP contribution in [0.2, 0.25) is 0 Å². The summed E-state index contributed by atoms with van der Waals surface area (Å²) in [4.78, 5) is 2.66. The minimum atomic E-state index is 0.551. The molecule has 20 heavy (non-hydrogen) atoms. The van der Waals surface area contributed by atoms with Crippen molar-refractivity contribution in [3.8, 4) is 0 Å². The Hall–Kier alpha value is -0.860. The third-order valence-corrected chi connectivity index (χ3v) is 4.76. The van der Waals surface area contributed by atoms with Crippen molar-refractivity contribution in [2.24, 2.45) is 5.92 Å². The summed E-state index contributed by atoms with van der Waals surface area (Å²) >= 11 is 0. The summed E-state index contributed by atoms with van der Waals surface area (Å²) in [5.41, 5.74) is 4.31. The minimum Gasteiger partial charge on any atom is -0.317 e. The van der Waals surface area contributed by atoms with Gasteiger partial charge in [0.05, 0.1) is 0 Å². The molecule has 1 atom stereocenters. The van der Waals surface area contributed by atoms with Gasteiger partial charge in [0.25, 0.3) is 0 Å². The van der Waals surface area contributed by atoms with E-state index in [1.54, 1.807) is 0 Å². The average molecular weight is 274 g/mol. The molecule has 0 saturated carbocycles. The first-order valence-corrected chi connectivity index (χ1v) is 8.13. The van der Waals surface area contributed by atoms with Gasteiger partial charge in [0.15, 0.2) is 0 Å². The number of hydrogen-bond acceptors (Lipinski definition) is 2. The molecule has 1 N–H and O–H groups in total. The molecule has 1 fully saturated rings. The monoisotopic (exact) mass is 274 g/mol. The topological polar surface area (TPSA) is 15.3 Å². The standard InChI is InChI=1S/C18H30N2/c1-5-19-13-17-8-10-20(11-9-17)16(4)18-12-14(2)6-7-15(18)3/h6-7,12,16-17,19H,5,8-11,13H2,1-4H3. The first kappa shape index (κ1) is 15.5. The maximum atomic E-state index is 3.49. The summed E-state index contributed by atoms with van der Waals surface area (Å²) < 4.78 is 0. The molecule has 2 rings (SSSR count). The lowest BCUT2D eigenvalue weighted by Gasteiger charge is -2.37. The second-order valence-electron chi connectivity index (χ2n) is 6.32. The third-order valence-electron chi connectivity index (χ3n) is 4.76. The van der Waals surface area contributed by atoms with Gasteiger partial charge in [-0.1, -0.05) is 30.7 Å². The van der Waals surface area contributed by atoms with Gasteiger partial charge in [-0.2, -0.15) is 0 Å². The van der Waals surface area contributed by atoms with E-state index in [-0.39, 0.29) is 0 Å². The van der Waals surface area contributed by atoms with Crippen LogP contribution in [0.15, 0.2) is 18.2 Å². The number of nitrogens with one attached hydrogen (secondary N) is 1. The Bertz CT molecular complexity index is 419. The van der Waals surface area contributed by atoms with Crippen molar-refractivity contribution in [2.75, 3.05) is 26.2 Å². The fraction of sp³-hybridized carbons (Fsp3) is 0.667. The molecule has 0 bridgehead atoms. The van der Waals surface area contributed by atoms with Crippen molar-refractivity contribution < 1.29 is 0 Å². The Morgan fingerprint density at radius 3 is 2.60 bits per heavy atom. The van der Waals surface area contributed by atoms with Crippen molar-refractivity contribution in [1.82, 2.24) is 10.2 Å². The van der Waals surface area contributed by atoms with Crippen LogP contribution >= 0.6 is 0 Å². The van der Waals surface area contributed by atoms with Gasteiger partial charge in [0.2, 0.25) is 0 Å². The number of benzene rings is 1. The van der Waals surface area contributed by atoms with Crippen molar-refractivity contribution >= 4 is 0 Å². The molecule has 1 heterocycles. The van der Waals surface area contributed by atoms with Crippen LogP contribution in [-0.2, 0) is 0 Å². The van der Waals surface area contributed by atoms with Crippen LogP contribution in [0.3, 0.4) is 0 Å². The normalized spacial score (nSPS) is 19.2. The Kier molecular flexibility index (Phi) is 5.62. The van der Waals surface area contributed by atoms with Gasteiger partial charge in [0.1, 0.15) is 0 Å². The van der Waals surface area contributed by atoms with Crippen LogP contribution in [0.4, 0.5) is 0 Å². The van der Waals surface area contributed by atoms with E-state index in [4.69, 9.17) is 0 Å². The highest BCUT2D eigenvalue weighted by Crippen LogP contribution is 2.28. The highest BCUT2D eigenvalue weighted by Gasteiger charge is 2.23. The first-order valence-electron chi connectivity index (χ1n) is 8.13. The van der Waals surface area contributed by atoms with Crippen LogP contribution in [0.1, 0.15) is 49.4 Å². The Morgan fingerprint density at radius 1 is 1.25 bits per heavy atom. The third kappa shape index (κ3) is 3.83. The molecular weight excluding hydrogens is 244 g/mol. The molecule has 0 spiro atoms. The Labute approximate surface area is 124 Å². The number of nitrogens with zero attached hydrogens (tertiary/aromatic N) is 1. The summed E-state index contributed by atoms with van der Waals surface area (Å²) in [5.74, 6) is 0.872. The molecule has 1 unspecified atom stereocenters. The van der Waals surface area contributed by atoms with Gasteiger partial charge in [0, 0.05) is 6.04 Å². The number of hydrogen-bond donors (Lipinski definition) is 1. The van der Waals surface area contributed by atoms with E-state index in [1.165, 1.54) is 49.2 Å². The molecule has 0 aliphatic carbocycles. The smallest absolute Gasteiger partial charge is 0.0322 e. The van der Waals surface area contributed by atoms with Crippen molar-refractivity contribution in [1.29, 1.82) is 0 Å². The largest absolute Gasteiger partial charge is 0.317 e. The Balaban J connectivity index is 1.94. The quantitative estimate of drug-likeness (QED) is 0.881. The fourth-order valence-electron chi connectivity index (χ4n) is 3.30. The van der Waals surface area contributed by atoms with Crippen LogP contribution in [-0.4, -0.2) is 31.1 Å². The molecule has 2 heteroatoms. The lowest BCUT2D eigenvalue weighted by Crippen LogP contribution is -2.38. The van der Waals surface area contributed by atoms with E-state index in [1.807, 2.05) is 0 Å². The second kappa shape index (κ2) is 7.24. The highest BCUT2D eigenvalue weighted by atomic mass is 15.2. The maximum Gasteiger partial charge on any atom is 0.0322 e. The van der Waals surface area contributed by atoms with E-state index in [0.29, 0.717) is 6.04 Å². The molecule has 1 aliphatic rings. The SMILES string of the molecule is CCNCC1CCN(C(C)c2cc(C)ccc2C)CC1. The van der Waals surface area contributed by atoms with Gasteiger partial charge in [-0.3, -0.25) is 4.90 Å². The maximum absolute atomic E-state index is 3.49. The summed E-state index contributed by atoms with van der Waals surface area (Å²) in [6.07, 6.45) is 2.67. The van der Waals surface area contributed by atoms with Gasteiger partial charge in [-0.15, -0.1) is 0 Å². The zero-order chi connectivity index (χ0) is 14.5. The second-order valence-corrected chi connectivity index (χ2v) is 6.32. The van der Waals surface area contributed by atoms with E-state index >= 15 is 0 Å². The van der Waals surface area contributed by atoms with Crippen LogP contribution in [0, 0.1) is 19.8 Å². The summed E-state index contributed by atoms with van der Waals surface area (Å²) in [6.45, 7) is 13.8. The molecule has 0 radical (unpaired) electrons. The lowest BCUT2D eigenvalue weighted by atomic mass is 9.93. The summed E-state index contributed by atoms with van der Waals surface area (Å²) in [7, 11) is 0. The van der Waals surface area contributed by atoms with Gasteiger partial charge >= 0.3 is 0 Å². The number of likely N-dealkylation sites (tertiary alicyclic amines) is 1. The molecular formula is C18H30N2. The fourth-order valence-corrected chi connectivity index (χ4v) is 3.30. The van der Waals surface area contributed by atoms with Gasteiger partial charge in [-0.25, -0.2) is 0 Å². The lowest BCUT2D eigenvalue weighted by molar-refractivity contribution is 0.140. The molecule has 0 amide bonds. The molecule has 1 aliphatic heterocycles. The van der Waals surface area contributed by atoms with E-state index in [9.17, 15) is 0 Å². The minimum absolute atomic E-state index is 0.551. The van der Waals surface area contributed by atoms with E-state index in [0.717, 1.165) is 12.5 Å². The molecule has 1 aromatic rings. The van der Waals surface area contributed by atoms with Crippen LogP contribution < -0.4 is 5.32 Å². The van der Waals surface area contributed by atoms with Crippen molar-refractivity contribution in [2.45, 2.75) is 46.6 Å². The molecule has 0 aromatic heterocycles. The predicted molar refractivity (Wildman–Crippen MR) is 87.2 cm³/mol. The predicted octanol–water partition coefficient (Wildman–Crippen LogP) is 3.69. The van der Waals surface area contributed by atoms with Gasteiger partial charge < -0.3 is 5.32 Å². The average Bonchev–Trinajstić information content (AvgIpc) is 2.47. The molecule has 1 aromatic carbocycles. The van der Waals surface area contributed by atoms with Crippen LogP contribution in [0.5, 0.6) is 0 Å².